The van der Waals surface area contributed by atoms with E-state index in [1.165, 1.54) is 16.7 Å². The number of para-hydroxylation sites is 2. The van der Waals surface area contributed by atoms with Gasteiger partial charge in [0.1, 0.15) is 11.6 Å². The summed E-state index contributed by atoms with van der Waals surface area (Å²) in [6.07, 6.45) is 6.44. The molecule has 344 valence electrons. The lowest BCUT2D eigenvalue weighted by atomic mass is 9.61. The molecule has 70 heavy (non-hydrogen) atoms. The fourth-order valence-corrected chi connectivity index (χ4v) is 10.8. The normalized spacial score (nSPS) is 17.2. The molecule has 1 fully saturated rings. The number of rotatable bonds is 9. The zero-order valence-corrected chi connectivity index (χ0v) is 40.8. The van der Waals surface area contributed by atoms with Gasteiger partial charge in [-0.1, -0.05) is 192 Å². The van der Waals surface area contributed by atoms with Crippen LogP contribution >= 0.6 is 0 Å². The van der Waals surface area contributed by atoms with Crippen molar-refractivity contribution in [3.63, 3.8) is 0 Å². The third kappa shape index (κ3) is 8.32. The number of benzene rings is 8. The zero-order chi connectivity index (χ0) is 48.0. The van der Waals surface area contributed by atoms with Crippen LogP contribution in [-0.2, 0) is 16.2 Å². The van der Waals surface area contributed by atoms with Crippen LogP contribution in [0.25, 0.3) is 83.9 Å². The molecule has 2 aromatic heterocycles. The number of fused-ring (bicyclic) bond motifs is 1. The number of aromatic nitrogens is 3. The summed E-state index contributed by atoms with van der Waals surface area (Å²) in [6, 6.07) is 73.2. The van der Waals surface area contributed by atoms with Crippen molar-refractivity contribution in [2.24, 2.45) is 0 Å². The zero-order valence-electron chi connectivity index (χ0n) is 40.8. The molecular weight excluding hydrogens is 851 g/mol. The molecule has 0 saturated heterocycles. The molecule has 0 spiro atoms. The summed E-state index contributed by atoms with van der Waals surface area (Å²) >= 11 is 0. The maximum atomic E-state index is 12.7. The Bertz CT molecular complexity index is 3480. The average molecular weight is 910 g/mol. The summed E-state index contributed by atoms with van der Waals surface area (Å²) in [4.78, 5) is 10.6. The van der Waals surface area contributed by atoms with Gasteiger partial charge in [0.2, 0.25) is 0 Å². The van der Waals surface area contributed by atoms with Crippen molar-refractivity contribution >= 4 is 11.0 Å². The van der Waals surface area contributed by atoms with E-state index in [9.17, 15) is 5.11 Å². The van der Waals surface area contributed by atoms with Crippen molar-refractivity contribution in [3.8, 4) is 78.6 Å². The Morgan fingerprint density at radius 3 is 1.67 bits per heavy atom. The molecule has 0 unspecified atom stereocenters. The molecule has 8 aromatic carbocycles. The van der Waals surface area contributed by atoms with Gasteiger partial charge in [-0.05, 0) is 141 Å². The quantitative estimate of drug-likeness (QED) is 0.157. The minimum atomic E-state index is -0.140. The van der Waals surface area contributed by atoms with Crippen LogP contribution in [0.4, 0.5) is 0 Å². The van der Waals surface area contributed by atoms with E-state index in [2.05, 4.69) is 215 Å². The van der Waals surface area contributed by atoms with Gasteiger partial charge in [0, 0.05) is 28.6 Å². The second kappa shape index (κ2) is 17.9. The molecule has 0 bridgehead atoms. The highest BCUT2D eigenvalue weighted by Gasteiger charge is 2.39. The molecule has 0 aliphatic heterocycles. The van der Waals surface area contributed by atoms with Gasteiger partial charge < -0.3 is 5.11 Å². The maximum absolute atomic E-state index is 12.7. The van der Waals surface area contributed by atoms with Crippen LogP contribution in [0.2, 0.25) is 0 Å². The largest absolute Gasteiger partial charge is 0.507 e. The van der Waals surface area contributed by atoms with Crippen molar-refractivity contribution in [2.45, 2.75) is 76.5 Å². The highest BCUT2D eigenvalue weighted by molar-refractivity contribution is 5.98. The monoisotopic (exact) mass is 909 g/mol. The van der Waals surface area contributed by atoms with E-state index < -0.39 is 0 Å². The number of nitrogens with zero attached hydrogens (tertiary/aromatic N) is 3. The molecule has 0 atom stereocenters. The lowest BCUT2D eigenvalue weighted by Crippen LogP contribution is -2.36. The second-order valence-corrected chi connectivity index (χ2v) is 20.9. The number of hydrogen-bond acceptors (Lipinski definition) is 3. The standard InChI is InChI=1S/C66H59N3O/c1-64(2,3)52-42-48(41-49(43-52)59-44-47(35-40-67-59)45-19-9-6-10-20-45)55-27-18-30-60-61(55)68-63(58-29-17-28-57(62(58)70)56-26-16-15-25-54(56)46-21-11-7-12-22-46)69(60)53-33-31-51(32-34-53)66(5)38-36-65(4,37-39-66)50-23-13-8-14-24-50/h6-35,40-44,70H,36-39H2,1-5H3. The van der Waals surface area contributed by atoms with Crippen LogP contribution in [0.5, 0.6) is 5.75 Å². The van der Waals surface area contributed by atoms with E-state index in [0.717, 1.165) is 98.2 Å². The number of hydrogen-bond donors (Lipinski definition) is 1. The topological polar surface area (TPSA) is 50.9 Å². The minimum absolute atomic E-state index is 0.0593. The Morgan fingerprint density at radius 1 is 0.457 bits per heavy atom. The third-order valence-corrected chi connectivity index (χ3v) is 15.3. The molecule has 4 nitrogen and oxygen atoms in total. The Morgan fingerprint density at radius 2 is 1.00 bits per heavy atom. The SMILES string of the molecule is CC(C)(C)c1cc(-c2cc(-c3ccccc3)ccn2)cc(-c2cccc3c2nc(-c2cccc(-c4ccccc4-c4ccccc4)c2O)n3-c2ccc(C3(C)CCC(C)(c4ccccc4)CC3)cc2)c1. The van der Waals surface area contributed by atoms with E-state index in [1.54, 1.807) is 0 Å². The molecule has 1 saturated carbocycles. The molecular formula is C66H59N3O. The summed E-state index contributed by atoms with van der Waals surface area (Å²) in [5, 5.41) is 12.7. The number of aromatic hydroxyl groups is 1. The Kier molecular flexibility index (Phi) is 11.4. The first-order valence-corrected chi connectivity index (χ1v) is 24.8. The van der Waals surface area contributed by atoms with Gasteiger partial charge in [0.25, 0.3) is 0 Å². The molecule has 11 rings (SSSR count). The Balaban J connectivity index is 1.07. The lowest BCUT2D eigenvalue weighted by Gasteiger charge is -2.44. The molecule has 0 amide bonds. The van der Waals surface area contributed by atoms with Gasteiger partial charge in [0.05, 0.1) is 22.3 Å². The van der Waals surface area contributed by atoms with Gasteiger partial charge in [0.15, 0.2) is 0 Å². The molecule has 0 radical (unpaired) electrons. The van der Waals surface area contributed by atoms with Gasteiger partial charge in [-0.15, -0.1) is 0 Å². The maximum Gasteiger partial charge on any atom is 0.149 e. The molecule has 1 aliphatic rings. The number of pyridine rings is 1. The number of phenols is 1. The lowest BCUT2D eigenvalue weighted by molar-refractivity contribution is 0.223. The third-order valence-electron chi connectivity index (χ3n) is 15.3. The average Bonchev–Trinajstić information content (AvgIpc) is 3.80. The number of phenolic OH excluding ortho intramolecular Hbond substituents is 1. The highest BCUT2D eigenvalue weighted by atomic mass is 16.3. The van der Waals surface area contributed by atoms with Gasteiger partial charge in [-0.2, -0.15) is 0 Å². The first-order chi connectivity index (χ1) is 34.0. The summed E-state index contributed by atoms with van der Waals surface area (Å²) in [6.45, 7) is 11.7. The fourth-order valence-electron chi connectivity index (χ4n) is 10.8. The van der Waals surface area contributed by atoms with Crippen LogP contribution in [0.3, 0.4) is 0 Å². The summed E-state index contributed by atoms with van der Waals surface area (Å²) in [5.74, 6) is 0.872. The predicted octanol–water partition coefficient (Wildman–Crippen LogP) is 17.2. The van der Waals surface area contributed by atoms with Crippen LogP contribution in [0, 0.1) is 0 Å². The van der Waals surface area contributed by atoms with E-state index >= 15 is 0 Å². The highest BCUT2D eigenvalue weighted by Crippen LogP contribution is 2.49. The van der Waals surface area contributed by atoms with Gasteiger partial charge in [-0.3, -0.25) is 9.55 Å². The second-order valence-electron chi connectivity index (χ2n) is 20.9. The first kappa shape index (κ1) is 44.7. The summed E-state index contributed by atoms with van der Waals surface area (Å²) < 4.78 is 2.25. The van der Waals surface area contributed by atoms with Gasteiger partial charge >= 0.3 is 0 Å². The molecule has 1 aliphatic carbocycles. The van der Waals surface area contributed by atoms with E-state index in [-0.39, 0.29) is 22.0 Å². The van der Waals surface area contributed by atoms with Gasteiger partial charge in [-0.25, -0.2) is 4.98 Å². The first-order valence-electron chi connectivity index (χ1n) is 24.8. The molecule has 2 heterocycles. The fraction of sp³-hybridized carbons (Fsp3) is 0.182. The Hall–Kier alpha value is -7.82. The van der Waals surface area contributed by atoms with Crippen LogP contribution < -0.4 is 0 Å². The Labute approximate surface area is 413 Å². The van der Waals surface area contributed by atoms with Crippen molar-refractivity contribution in [3.05, 3.63) is 229 Å². The van der Waals surface area contributed by atoms with E-state index in [4.69, 9.17) is 9.97 Å². The van der Waals surface area contributed by atoms with Crippen LogP contribution in [-0.4, -0.2) is 19.6 Å². The summed E-state index contributed by atoms with van der Waals surface area (Å²) in [5.41, 5.74) is 17.8. The van der Waals surface area contributed by atoms with Crippen LogP contribution in [0.15, 0.2) is 212 Å². The molecule has 10 aromatic rings. The van der Waals surface area contributed by atoms with E-state index in [1.807, 2.05) is 36.5 Å². The van der Waals surface area contributed by atoms with Crippen LogP contribution in [0.1, 0.15) is 77.0 Å². The van der Waals surface area contributed by atoms with E-state index in [0.29, 0.717) is 11.4 Å². The predicted molar refractivity (Wildman–Crippen MR) is 291 cm³/mol. The number of imidazole rings is 1. The summed E-state index contributed by atoms with van der Waals surface area (Å²) in [7, 11) is 0. The smallest absolute Gasteiger partial charge is 0.149 e. The van der Waals surface area contributed by atoms with Crippen molar-refractivity contribution in [1.82, 2.24) is 14.5 Å². The minimum Gasteiger partial charge on any atom is -0.507 e. The van der Waals surface area contributed by atoms with Crippen molar-refractivity contribution in [2.75, 3.05) is 0 Å². The molecule has 4 heteroatoms. The molecule has 1 N–H and O–H groups in total. The van der Waals surface area contributed by atoms with Crippen molar-refractivity contribution in [1.29, 1.82) is 0 Å². The van der Waals surface area contributed by atoms with Crippen molar-refractivity contribution < 1.29 is 5.11 Å².